The third-order valence-electron chi connectivity index (χ3n) is 4.56. The van der Waals surface area contributed by atoms with E-state index in [0.717, 1.165) is 5.56 Å². The van der Waals surface area contributed by atoms with Crippen LogP contribution >= 0.6 is 0 Å². The van der Waals surface area contributed by atoms with E-state index in [-0.39, 0.29) is 17.2 Å². The van der Waals surface area contributed by atoms with Crippen LogP contribution < -0.4 is 10.6 Å². The van der Waals surface area contributed by atoms with Crippen LogP contribution in [0.25, 0.3) is 0 Å². The van der Waals surface area contributed by atoms with E-state index in [9.17, 15) is 9.59 Å². The molecule has 2 unspecified atom stereocenters. The third-order valence-corrected chi connectivity index (χ3v) is 4.56. The van der Waals surface area contributed by atoms with Gasteiger partial charge in [-0.1, -0.05) is 37.6 Å². The van der Waals surface area contributed by atoms with Gasteiger partial charge < -0.3 is 10.1 Å². The number of hydrogen-bond acceptors (Lipinski definition) is 3. The number of hydrogen-bond donors (Lipinski definition) is 2. The minimum atomic E-state index is -0.502. The maximum absolute atomic E-state index is 12.4. The molecule has 1 saturated carbocycles. The molecule has 0 saturated heterocycles. The summed E-state index contributed by atoms with van der Waals surface area (Å²) in [4.78, 5) is 23.6. The van der Waals surface area contributed by atoms with Crippen molar-refractivity contribution in [3.8, 4) is 0 Å². The molecule has 1 aliphatic carbocycles. The van der Waals surface area contributed by atoms with Crippen molar-refractivity contribution >= 4 is 17.7 Å². The van der Waals surface area contributed by atoms with Gasteiger partial charge in [0.25, 0.3) is 0 Å². The zero-order valence-corrected chi connectivity index (χ0v) is 15.0. The molecule has 2 rings (SSSR count). The smallest absolute Gasteiger partial charge is 0.411 e. The second-order valence-corrected chi connectivity index (χ2v) is 7.10. The largest absolute Gasteiger partial charge is 0.453 e. The first-order valence-electron chi connectivity index (χ1n) is 8.12. The molecule has 24 heavy (non-hydrogen) atoms. The van der Waals surface area contributed by atoms with Gasteiger partial charge in [0.05, 0.1) is 13.0 Å². The van der Waals surface area contributed by atoms with Crippen LogP contribution in [0.1, 0.15) is 33.3 Å². The Bertz CT molecular complexity index is 643. The number of amides is 2. The Balaban J connectivity index is 1.88. The Morgan fingerprint density at radius 1 is 1.21 bits per heavy atom. The summed E-state index contributed by atoms with van der Waals surface area (Å²) >= 11 is 0. The highest BCUT2D eigenvalue weighted by Crippen LogP contribution is 2.59. The fourth-order valence-electron chi connectivity index (χ4n) is 3.02. The normalized spacial score (nSPS) is 20.7. The van der Waals surface area contributed by atoms with Crippen molar-refractivity contribution in [1.82, 2.24) is 5.32 Å². The molecule has 2 atom stereocenters. The van der Waals surface area contributed by atoms with Crippen LogP contribution in [-0.4, -0.2) is 19.1 Å². The molecule has 5 nitrogen and oxygen atoms in total. The van der Waals surface area contributed by atoms with Crippen molar-refractivity contribution in [2.75, 3.05) is 12.4 Å². The van der Waals surface area contributed by atoms with Crippen LogP contribution in [0.2, 0.25) is 0 Å². The SMILES string of the molecule is COC(=O)Nc1ccc(CNC(=O)C2C(C=C(C)C)C2(C)C)cc1. The van der Waals surface area contributed by atoms with Crippen LogP contribution in [0, 0.1) is 17.3 Å². The highest BCUT2D eigenvalue weighted by molar-refractivity contribution is 5.85. The monoisotopic (exact) mass is 330 g/mol. The van der Waals surface area contributed by atoms with E-state index in [1.807, 2.05) is 12.1 Å². The van der Waals surface area contributed by atoms with Crippen molar-refractivity contribution in [1.29, 1.82) is 0 Å². The van der Waals surface area contributed by atoms with Gasteiger partial charge in [-0.25, -0.2) is 4.79 Å². The maximum atomic E-state index is 12.4. The number of ether oxygens (including phenoxy) is 1. The molecule has 2 amide bonds. The average Bonchev–Trinajstić information content (AvgIpc) is 3.06. The molecule has 5 heteroatoms. The van der Waals surface area contributed by atoms with Gasteiger partial charge in [-0.2, -0.15) is 0 Å². The minimum absolute atomic E-state index is 0.0235. The van der Waals surface area contributed by atoms with Crippen molar-refractivity contribution < 1.29 is 14.3 Å². The van der Waals surface area contributed by atoms with Crippen molar-refractivity contribution in [3.05, 3.63) is 41.5 Å². The van der Waals surface area contributed by atoms with Crippen LogP contribution in [0.15, 0.2) is 35.9 Å². The van der Waals surface area contributed by atoms with Crippen molar-refractivity contribution in [2.24, 2.45) is 17.3 Å². The summed E-state index contributed by atoms with van der Waals surface area (Å²) in [6.07, 6.45) is 1.69. The summed E-state index contributed by atoms with van der Waals surface area (Å²) in [6.45, 7) is 8.87. The molecular weight excluding hydrogens is 304 g/mol. The van der Waals surface area contributed by atoms with E-state index in [0.29, 0.717) is 18.2 Å². The molecule has 0 spiro atoms. The number of allylic oxidation sites excluding steroid dienone is 2. The van der Waals surface area contributed by atoms with Crippen LogP contribution in [0.3, 0.4) is 0 Å². The molecule has 0 aliphatic heterocycles. The minimum Gasteiger partial charge on any atom is -0.453 e. The molecule has 0 radical (unpaired) electrons. The van der Waals surface area contributed by atoms with Crippen LogP contribution in [-0.2, 0) is 16.1 Å². The summed E-state index contributed by atoms with van der Waals surface area (Å²) in [7, 11) is 1.32. The lowest BCUT2D eigenvalue weighted by atomic mass is 10.1. The number of nitrogens with one attached hydrogen (secondary N) is 2. The fourth-order valence-corrected chi connectivity index (χ4v) is 3.02. The summed E-state index contributed by atoms with van der Waals surface area (Å²) < 4.78 is 4.54. The second-order valence-electron chi connectivity index (χ2n) is 7.10. The van der Waals surface area contributed by atoms with E-state index < -0.39 is 6.09 Å². The van der Waals surface area contributed by atoms with E-state index in [1.165, 1.54) is 12.7 Å². The molecule has 1 fully saturated rings. The summed E-state index contributed by atoms with van der Waals surface area (Å²) in [6, 6.07) is 7.31. The number of carbonyl (C=O) groups excluding carboxylic acids is 2. The maximum Gasteiger partial charge on any atom is 0.411 e. The van der Waals surface area contributed by atoms with E-state index in [1.54, 1.807) is 12.1 Å². The van der Waals surface area contributed by atoms with E-state index in [4.69, 9.17) is 0 Å². The Kier molecular flexibility index (Phi) is 5.32. The van der Waals surface area contributed by atoms with Gasteiger partial charge in [0, 0.05) is 12.2 Å². The number of carbonyl (C=O) groups is 2. The summed E-state index contributed by atoms with van der Waals surface area (Å²) in [5.41, 5.74) is 2.91. The predicted molar refractivity (Wildman–Crippen MR) is 94.5 cm³/mol. The average molecular weight is 330 g/mol. The highest BCUT2D eigenvalue weighted by Gasteiger charge is 2.60. The quantitative estimate of drug-likeness (QED) is 0.809. The van der Waals surface area contributed by atoms with Crippen LogP contribution in [0.5, 0.6) is 0 Å². The first kappa shape index (κ1) is 18.0. The molecule has 0 bridgehead atoms. The van der Waals surface area contributed by atoms with Gasteiger partial charge in [0.1, 0.15) is 0 Å². The Morgan fingerprint density at radius 2 is 1.83 bits per heavy atom. The fraction of sp³-hybridized carbons (Fsp3) is 0.474. The summed E-state index contributed by atoms with van der Waals surface area (Å²) in [5, 5.41) is 5.60. The van der Waals surface area contributed by atoms with Crippen molar-refractivity contribution in [2.45, 2.75) is 34.2 Å². The van der Waals surface area contributed by atoms with Gasteiger partial charge in [0.2, 0.25) is 5.91 Å². The zero-order valence-electron chi connectivity index (χ0n) is 15.0. The molecule has 0 aromatic heterocycles. The standard InChI is InChI=1S/C19H26N2O3/c1-12(2)10-15-16(19(15,3)4)17(22)20-11-13-6-8-14(9-7-13)21-18(23)24-5/h6-10,15-16H,11H2,1-5H3,(H,20,22)(H,21,23). The predicted octanol–water partition coefficient (Wildman–Crippen LogP) is 3.72. The van der Waals surface area contributed by atoms with Crippen LogP contribution in [0.4, 0.5) is 10.5 Å². The number of methoxy groups -OCH3 is 1. The van der Waals surface area contributed by atoms with Gasteiger partial charge in [0.15, 0.2) is 0 Å². The third kappa shape index (κ3) is 4.16. The Hall–Kier alpha value is -2.30. The van der Waals surface area contributed by atoms with Gasteiger partial charge in [-0.3, -0.25) is 10.1 Å². The second kappa shape index (κ2) is 7.07. The molecule has 1 aliphatic rings. The zero-order chi connectivity index (χ0) is 17.9. The molecule has 1 aromatic rings. The topological polar surface area (TPSA) is 67.4 Å². The first-order chi connectivity index (χ1) is 11.3. The first-order valence-corrected chi connectivity index (χ1v) is 8.12. The highest BCUT2D eigenvalue weighted by atomic mass is 16.5. The lowest BCUT2D eigenvalue weighted by molar-refractivity contribution is -0.123. The van der Waals surface area contributed by atoms with Gasteiger partial charge in [-0.05, 0) is 42.9 Å². The van der Waals surface area contributed by atoms with E-state index >= 15 is 0 Å². The van der Waals surface area contributed by atoms with Gasteiger partial charge in [-0.15, -0.1) is 0 Å². The lowest BCUT2D eigenvalue weighted by Gasteiger charge is -2.08. The Labute approximate surface area is 143 Å². The van der Waals surface area contributed by atoms with E-state index in [2.05, 4.69) is 49.1 Å². The number of anilines is 1. The Morgan fingerprint density at radius 3 is 2.38 bits per heavy atom. The number of benzene rings is 1. The summed E-state index contributed by atoms with van der Waals surface area (Å²) in [5.74, 6) is 0.445. The molecule has 0 heterocycles. The molecule has 1 aromatic carbocycles. The molecular formula is C19H26N2O3. The number of rotatable bonds is 5. The molecule has 130 valence electrons. The lowest BCUT2D eigenvalue weighted by Crippen LogP contribution is -2.26. The van der Waals surface area contributed by atoms with Crippen molar-refractivity contribution in [3.63, 3.8) is 0 Å². The molecule has 2 N–H and O–H groups in total. The van der Waals surface area contributed by atoms with Gasteiger partial charge >= 0.3 is 6.09 Å².